The molecule has 0 aromatic rings. The summed E-state index contributed by atoms with van der Waals surface area (Å²) in [6, 6.07) is 0. The van der Waals surface area contributed by atoms with E-state index in [1.807, 2.05) is 0 Å². The van der Waals surface area contributed by atoms with Crippen molar-refractivity contribution in [3.63, 3.8) is 0 Å². The van der Waals surface area contributed by atoms with Crippen molar-refractivity contribution in [2.75, 3.05) is 33.2 Å². The van der Waals surface area contributed by atoms with E-state index in [0.717, 1.165) is 12.2 Å². The highest BCUT2D eigenvalue weighted by Gasteiger charge is 2.00. The molecular weight excluding hydrogens is 230 g/mol. The Labute approximate surface area is 98.7 Å². The van der Waals surface area contributed by atoms with E-state index >= 15 is 0 Å². The van der Waals surface area contributed by atoms with Crippen LogP contribution in [0.2, 0.25) is 0 Å². The quantitative estimate of drug-likeness (QED) is 0.250. The topological polar surface area (TPSA) is 94.4 Å². The van der Waals surface area contributed by atoms with Crippen LogP contribution in [0.1, 0.15) is 0 Å². The van der Waals surface area contributed by atoms with Crippen LogP contribution in [-0.2, 0) is 23.8 Å². The Morgan fingerprint density at radius 1 is 1.12 bits per heavy atom. The summed E-state index contributed by atoms with van der Waals surface area (Å²) in [6.07, 6.45) is 1.87. The lowest BCUT2D eigenvalue weighted by molar-refractivity contribution is -0.141. The molecule has 0 aromatic heterocycles. The highest BCUT2D eigenvalue weighted by atomic mass is 16.6. The van der Waals surface area contributed by atoms with Gasteiger partial charge in [0.15, 0.2) is 6.73 Å². The predicted octanol–water partition coefficient (Wildman–Crippen LogP) is -0.704. The lowest BCUT2D eigenvalue weighted by atomic mass is 10.5. The Bertz CT molecular complexity index is 276. The monoisotopic (exact) mass is 245 g/mol. The highest BCUT2D eigenvalue weighted by molar-refractivity contribution is 5.91. The van der Waals surface area contributed by atoms with Gasteiger partial charge in [0, 0.05) is 12.2 Å². The SMILES string of the molecule is C=NCOC(=O)/C=C/C(=O)OCCOCCO. The molecule has 0 heterocycles. The molecule has 0 aromatic carbocycles. The molecule has 0 rings (SSSR count). The van der Waals surface area contributed by atoms with Crippen LogP contribution in [0.5, 0.6) is 0 Å². The first-order chi connectivity index (χ1) is 8.20. The molecule has 0 saturated heterocycles. The first-order valence-electron chi connectivity index (χ1n) is 4.83. The van der Waals surface area contributed by atoms with E-state index in [-0.39, 0.29) is 33.2 Å². The molecule has 7 nitrogen and oxygen atoms in total. The molecule has 1 N–H and O–H groups in total. The van der Waals surface area contributed by atoms with Gasteiger partial charge in [-0.1, -0.05) is 0 Å². The van der Waals surface area contributed by atoms with Crippen LogP contribution in [0.15, 0.2) is 17.1 Å². The summed E-state index contributed by atoms with van der Waals surface area (Å²) in [6.45, 7) is 3.29. The molecule has 0 unspecified atom stereocenters. The van der Waals surface area contributed by atoms with Crippen molar-refractivity contribution in [1.29, 1.82) is 0 Å². The smallest absolute Gasteiger partial charge is 0.332 e. The van der Waals surface area contributed by atoms with Crippen molar-refractivity contribution in [2.45, 2.75) is 0 Å². The number of nitrogens with zero attached hydrogens (tertiary/aromatic N) is 1. The molecule has 0 fully saturated rings. The number of rotatable bonds is 9. The van der Waals surface area contributed by atoms with Crippen LogP contribution < -0.4 is 0 Å². The lowest BCUT2D eigenvalue weighted by Gasteiger charge is -2.02. The Kier molecular flexibility index (Phi) is 9.68. The number of carbonyl (C=O) groups excluding carboxylic acids is 2. The number of hydrogen-bond acceptors (Lipinski definition) is 7. The number of esters is 2. The molecule has 96 valence electrons. The van der Waals surface area contributed by atoms with Gasteiger partial charge in [-0.05, 0) is 6.72 Å². The van der Waals surface area contributed by atoms with Gasteiger partial charge in [-0.2, -0.15) is 0 Å². The third-order valence-electron chi connectivity index (χ3n) is 1.36. The van der Waals surface area contributed by atoms with Gasteiger partial charge in [0.1, 0.15) is 6.61 Å². The Hall–Kier alpha value is -1.73. The summed E-state index contributed by atoms with van der Waals surface area (Å²) >= 11 is 0. The molecule has 0 bridgehead atoms. The first-order valence-corrected chi connectivity index (χ1v) is 4.83. The van der Waals surface area contributed by atoms with Gasteiger partial charge in [0.2, 0.25) is 0 Å². The van der Waals surface area contributed by atoms with Crippen LogP contribution in [-0.4, -0.2) is 56.9 Å². The van der Waals surface area contributed by atoms with Crippen molar-refractivity contribution in [2.24, 2.45) is 4.99 Å². The fourth-order valence-electron chi connectivity index (χ4n) is 0.709. The number of hydrogen-bond donors (Lipinski definition) is 1. The fourth-order valence-corrected chi connectivity index (χ4v) is 0.709. The normalized spacial score (nSPS) is 10.2. The maximum atomic E-state index is 11.0. The number of aliphatic hydroxyl groups is 1. The van der Waals surface area contributed by atoms with Gasteiger partial charge >= 0.3 is 11.9 Å². The first kappa shape index (κ1) is 15.3. The van der Waals surface area contributed by atoms with Crippen LogP contribution in [0.25, 0.3) is 0 Å². The Morgan fingerprint density at radius 2 is 1.76 bits per heavy atom. The van der Waals surface area contributed by atoms with Gasteiger partial charge in [-0.15, -0.1) is 0 Å². The largest absolute Gasteiger partial charge is 0.460 e. The van der Waals surface area contributed by atoms with Gasteiger partial charge < -0.3 is 19.3 Å². The summed E-state index contributed by atoms with van der Waals surface area (Å²) in [5, 5.41) is 8.38. The zero-order valence-electron chi connectivity index (χ0n) is 9.33. The van der Waals surface area contributed by atoms with Crippen molar-refractivity contribution in [3.05, 3.63) is 12.2 Å². The second-order valence-electron chi connectivity index (χ2n) is 2.65. The van der Waals surface area contributed by atoms with E-state index in [4.69, 9.17) is 9.84 Å². The maximum Gasteiger partial charge on any atom is 0.332 e. The van der Waals surface area contributed by atoms with Gasteiger partial charge in [-0.25, -0.2) is 9.59 Å². The van der Waals surface area contributed by atoms with E-state index in [9.17, 15) is 9.59 Å². The number of ether oxygens (including phenoxy) is 3. The third-order valence-corrected chi connectivity index (χ3v) is 1.36. The molecule has 0 aliphatic rings. The molecule has 0 spiro atoms. The van der Waals surface area contributed by atoms with Crippen LogP contribution in [0.4, 0.5) is 0 Å². The van der Waals surface area contributed by atoms with Gasteiger partial charge in [0.05, 0.1) is 19.8 Å². The fraction of sp³-hybridized carbons (Fsp3) is 0.500. The minimum atomic E-state index is -0.703. The second kappa shape index (κ2) is 10.8. The average Bonchev–Trinajstić information content (AvgIpc) is 2.33. The van der Waals surface area contributed by atoms with Crippen molar-refractivity contribution in [1.82, 2.24) is 0 Å². The molecule has 0 atom stereocenters. The zero-order chi connectivity index (χ0) is 12.9. The van der Waals surface area contributed by atoms with Crippen molar-refractivity contribution >= 4 is 18.7 Å². The van der Waals surface area contributed by atoms with Crippen molar-refractivity contribution in [3.8, 4) is 0 Å². The molecular formula is C10H15NO6. The van der Waals surface area contributed by atoms with Crippen LogP contribution >= 0.6 is 0 Å². The molecule has 0 saturated carbocycles. The number of aliphatic hydroxyl groups excluding tert-OH is 1. The van der Waals surface area contributed by atoms with E-state index in [1.54, 1.807) is 0 Å². The average molecular weight is 245 g/mol. The summed E-state index contributed by atoms with van der Waals surface area (Å²) in [4.78, 5) is 25.2. The van der Waals surface area contributed by atoms with Crippen LogP contribution in [0, 0.1) is 0 Å². The summed E-state index contributed by atoms with van der Waals surface area (Å²) in [7, 11) is 0. The van der Waals surface area contributed by atoms with Gasteiger partial charge in [-0.3, -0.25) is 4.99 Å². The molecule has 0 aliphatic carbocycles. The highest BCUT2D eigenvalue weighted by Crippen LogP contribution is 1.86. The zero-order valence-corrected chi connectivity index (χ0v) is 9.33. The summed E-state index contributed by atoms with van der Waals surface area (Å²) in [5.41, 5.74) is 0. The van der Waals surface area contributed by atoms with E-state index < -0.39 is 11.9 Å². The van der Waals surface area contributed by atoms with E-state index in [1.165, 1.54) is 0 Å². The van der Waals surface area contributed by atoms with E-state index in [0.29, 0.717) is 0 Å². The van der Waals surface area contributed by atoms with E-state index in [2.05, 4.69) is 21.2 Å². The molecule has 7 heteroatoms. The predicted molar refractivity (Wildman–Crippen MR) is 58.5 cm³/mol. The maximum absolute atomic E-state index is 11.0. The summed E-state index contributed by atoms with van der Waals surface area (Å²) in [5.74, 6) is -1.38. The standard InChI is InChI=1S/C10H15NO6/c1-11-8-17-10(14)3-2-9(13)16-7-6-15-5-4-12/h2-3,12H,1,4-8H2/b3-2+. The third kappa shape index (κ3) is 10.6. The Balaban J connectivity index is 3.59. The molecule has 0 amide bonds. The van der Waals surface area contributed by atoms with Gasteiger partial charge in [0.25, 0.3) is 0 Å². The Morgan fingerprint density at radius 3 is 2.35 bits per heavy atom. The minimum Gasteiger partial charge on any atom is -0.460 e. The number of carbonyl (C=O) groups is 2. The number of aliphatic imine (C=N–C) groups is 1. The molecule has 17 heavy (non-hydrogen) atoms. The van der Waals surface area contributed by atoms with Crippen molar-refractivity contribution < 1.29 is 28.9 Å². The summed E-state index contributed by atoms with van der Waals surface area (Å²) < 4.78 is 14.0. The lowest BCUT2D eigenvalue weighted by Crippen LogP contribution is -2.11. The van der Waals surface area contributed by atoms with Crippen LogP contribution in [0.3, 0.4) is 0 Å². The molecule has 0 radical (unpaired) electrons. The molecule has 0 aliphatic heterocycles. The second-order valence-corrected chi connectivity index (χ2v) is 2.65. The minimum absolute atomic E-state index is 0.0480.